The maximum Gasteiger partial charge on any atom is 0.222 e. The molecule has 3 atom stereocenters. The van der Waals surface area contributed by atoms with Gasteiger partial charge in [0.1, 0.15) is 5.78 Å². The monoisotopic (exact) mass is 257 g/mol. The minimum Gasteiger partial charge on any atom is -0.379 e. The first-order valence-electron chi connectivity index (χ1n) is 6.66. The van der Waals surface area contributed by atoms with Crippen LogP contribution in [0.3, 0.4) is 0 Å². The molecular formula is C14H27NO3. The zero-order chi connectivity index (χ0) is 14.3. The fourth-order valence-electron chi connectivity index (χ4n) is 2.28. The van der Waals surface area contributed by atoms with Crippen LogP contribution in [0.4, 0.5) is 0 Å². The van der Waals surface area contributed by atoms with E-state index in [1.807, 2.05) is 6.92 Å². The van der Waals surface area contributed by atoms with Crippen LogP contribution >= 0.6 is 0 Å². The van der Waals surface area contributed by atoms with E-state index in [-0.39, 0.29) is 23.8 Å². The molecule has 0 aliphatic rings. The van der Waals surface area contributed by atoms with Gasteiger partial charge in [-0.2, -0.15) is 0 Å². The smallest absolute Gasteiger partial charge is 0.222 e. The van der Waals surface area contributed by atoms with Gasteiger partial charge in [-0.05, 0) is 12.8 Å². The third kappa shape index (κ3) is 4.77. The third-order valence-electron chi connectivity index (χ3n) is 3.54. The van der Waals surface area contributed by atoms with Gasteiger partial charge < -0.3 is 9.64 Å². The molecular weight excluding hydrogens is 230 g/mol. The number of carbonyl (C=O) groups is 2. The summed E-state index contributed by atoms with van der Waals surface area (Å²) in [4.78, 5) is 24.9. The average molecular weight is 257 g/mol. The SMILES string of the molecule is CCC(=O)N(C)[C@@H](C(C)CC)C(CC(C)=O)OC. The van der Waals surface area contributed by atoms with Gasteiger partial charge in [0.25, 0.3) is 0 Å². The molecule has 106 valence electrons. The van der Waals surface area contributed by atoms with Gasteiger partial charge in [0, 0.05) is 27.0 Å². The van der Waals surface area contributed by atoms with E-state index in [1.54, 1.807) is 26.0 Å². The first-order chi connectivity index (χ1) is 8.38. The molecule has 0 aliphatic carbocycles. The quantitative estimate of drug-likeness (QED) is 0.670. The van der Waals surface area contributed by atoms with Crippen LogP contribution in [0.5, 0.6) is 0 Å². The highest BCUT2D eigenvalue weighted by Crippen LogP contribution is 2.22. The Morgan fingerprint density at radius 1 is 1.28 bits per heavy atom. The molecule has 0 N–H and O–H groups in total. The van der Waals surface area contributed by atoms with E-state index >= 15 is 0 Å². The van der Waals surface area contributed by atoms with E-state index in [0.29, 0.717) is 18.8 Å². The van der Waals surface area contributed by atoms with Gasteiger partial charge in [0.15, 0.2) is 0 Å². The summed E-state index contributed by atoms with van der Waals surface area (Å²) in [5, 5.41) is 0. The molecule has 0 spiro atoms. The second-order valence-corrected chi connectivity index (χ2v) is 4.91. The summed E-state index contributed by atoms with van der Waals surface area (Å²) >= 11 is 0. The molecule has 0 saturated carbocycles. The van der Waals surface area contributed by atoms with Crippen molar-refractivity contribution in [1.29, 1.82) is 0 Å². The Morgan fingerprint density at radius 3 is 2.17 bits per heavy atom. The van der Waals surface area contributed by atoms with Gasteiger partial charge in [-0.15, -0.1) is 0 Å². The second-order valence-electron chi connectivity index (χ2n) is 4.91. The molecule has 0 fully saturated rings. The summed E-state index contributed by atoms with van der Waals surface area (Å²) in [6, 6.07) is -0.0450. The molecule has 4 nitrogen and oxygen atoms in total. The fraction of sp³-hybridized carbons (Fsp3) is 0.857. The Bertz CT molecular complexity index is 278. The molecule has 0 heterocycles. The van der Waals surface area contributed by atoms with Gasteiger partial charge in [-0.25, -0.2) is 0 Å². The number of ketones is 1. The van der Waals surface area contributed by atoms with Crippen molar-refractivity contribution >= 4 is 11.7 Å². The second kappa shape index (κ2) is 8.25. The lowest BCUT2D eigenvalue weighted by molar-refractivity contribution is -0.138. The molecule has 2 unspecified atom stereocenters. The van der Waals surface area contributed by atoms with Crippen LogP contribution in [0, 0.1) is 5.92 Å². The van der Waals surface area contributed by atoms with Crippen LogP contribution in [-0.2, 0) is 14.3 Å². The van der Waals surface area contributed by atoms with Crippen LogP contribution in [0.2, 0.25) is 0 Å². The van der Waals surface area contributed by atoms with Crippen LogP contribution in [0.15, 0.2) is 0 Å². The van der Waals surface area contributed by atoms with Crippen molar-refractivity contribution in [3.63, 3.8) is 0 Å². The van der Waals surface area contributed by atoms with Crippen LogP contribution in [-0.4, -0.2) is 42.9 Å². The van der Waals surface area contributed by atoms with E-state index in [0.717, 1.165) is 6.42 Å². The maximum atomic E-state index is 11.9. The van der Waals surface area contributed by atoms with Crippen LogP contribution in [0.25, 0.3) is 0 Å². The van der Waals surface area contributed by atoms with Gasteiger partial charge in [-0.3, -0.25) is 9.59 Å². The highest BCUT2D eigenvalue weighted by atomic mass is 16.5. The molecule has 0 aromatic heterocycles. The van der Waals surface area contributed by atoms with Crippen molar-refractivity contribution in [2.24, 2.45) is 5.92 Å². The molecule has 0 aromatic carbocycles. The van der Waals surface area contributed by atoms with Crippen LogP contribution < -0.4 is 0 Å². The number of Topliss-reactive ketones (excluding diaryl/α,β-unsaturated/α-hetero) is 1. The van der Waals surface area contributed by atoms with Crippen molar-refractivity contribution in [2.45, 2.75) is 59.1 Å². The minimum absolute atomic E-state index is 0.0450. The highest BCUT2D eigenvalue weighted by Gasteiger charge is 2.32. The topological polar surface area (TPSA) is 46.6 Å². The van der Waals surface area contributed by atoms with Gasteiger partial charge >= 0.3 is 0 Å². The van der Waals surface area contributed by atoms with Crippen molar-refractivity contribution in [3.8, 4) is 0 Å². The lowest BCUT2D eigenvalue weighted by Crippen LogP contribution is -2.49. The first-order valence-corrected chi connectivity index (χ1v) is 6.66. The Morgan fingerprint density at radius 2 is 1.83 bits per heavy atom. The molecule has 0 bridgehead atoms. The largest absolute Gasteiger partial charge is 0.379 e. The number of amides is 1. The lowest BCUT2D eigenvalue weighted by Gasteiger charge is -2.37. The van der Waals surface area contributed by atoms with Gasteiger partial charge in [0.2, 0.25) is 5.91 Å². The number of methoxy groups -OCH3 is 1. The summed E-state index contributed by atoms with van der Waals surface area (Å²) in [6.07, 6.45) is 1.55. The van der Waals surface area contributed by atoms with E-state index in [2.05, 4.69) is 13.8 Å². The number of hydrogen-bond acceptors (Lipinski definition) is 3. The highest BCUT2D eigenvalue weighted by molar-refractivity contribution is 5.77. The number of ether oxygens (including phenoxy) is 1. The van der Waals surface area contributed by atoms with Crippen molar-refractivity contribution in [2.75, 3.05) is 14.2 Å². The number of likely N-dealkylation sites (N-methyl/N-ethyl adjacent to an activating group) is 1. The Hall–Kier alpha value is -0.900. The summed E-state index contributed by atoms with van der Waals surface area (Å²) < 4.78 is 5.45. The minimum atomic E-state index is -0.224. The summed E-state index contributed by atoms with van der Waals surface area (Å²) in [7, 11) is 3.40. The Kier molecular flexibility index (Phi) is 7.83. The van der Waals surface area contributed by atoms with Gasteiger partial charge in [0.05, 0.1) is 12.1 Å². The zero-order valence-electron chi connectivity index (χ0n) is 12.5. The molecule has 0 aliphatic heterocycles. The fourth-order valence-corrected chi connectivity index (χ4v) is 2.28. The first kappa shape index (κ1) is 17.1. The summed E-state index contributed by atoms with van der Waals surface area (Å²) in [5.41, 5.74) is 0. The average Bonchev–Trinajstić information content (AvgIpc) is 2.35. The molecule has 0 aromatic rings. The molecule has 0 radical (unpaired) electrons. The van der Waals surface area contributed by atoms with E-state index in [1.165, 1.54) is 0 Å². The standard InChI is InChI=1S/C14H27NO3/c1-7-10(3)14(15(5)13(17)8-2)12(18-6)9-11(4)16/h10,12,14H,7-9H2,1-6H3/t10?,12?,14-/m0/s1. The zero-order valence-corrected chi connectivity index (χ0v) is 12.5. The van der Waals surface area contributed by atoms with Crippen molar-refractivity contribution < 1.29 is 14.3 Å². The normalized spacial score (nSPS) is 15.9. The van der Waals surface area contributed by atoms with E-state index < -0.39 is 0 Å². The number of hydrogen-bond donors (Lipinski definition) is 0. The maximum absolute atomic E-state index is 11.9. The molecule has 4 heteroatoms. The van der Waals surface area contributed by atoms with Gasteiger partial charge in [-0.1, -0.05) is 27.2 Å². The number of rotatable bonds is 8. The van der Waals surface area contributed by atoms with Crippen molar-refractivity contribution in [1.82, 2.24) is 4.90 Å². The number of nitrogens with zero attached hydrogens (tertiary/aromatic N) is 1. The number of carbonyl (C=O) groups excluding carboxylic acids is 2. The molecule has 1 amide bonds. The van der Waals surface area contributed by atoms with Crippen LogP contribution in [0.1, 0.15) is 47.0 Å². The molecule has 18 heavy (non-hydrogen) atoms. The predicted octanol–water partition coefficient (Wildman–Crippen LogP) is 2.26. The van der Waals surface area contributed by atoms with Crippen molar-refractivity contribution in [3.05, 3.63) is 0 Å². The molecule has 0 saturated heterocycles. The Labute approximate surface area is 111 Å². The third-order valence-corrected chi connectivity index (χ3v) is 3.54. The Balaban J connectivity index is 5.05. The van der Waals surface area contributed by atoms with E-state index in [4.69, 9.17) is 4.74 Å². The molecule has 0 rings (SSSR count). The van der Waals surface area contributed by atoms with E-state index in [9.17, 15) is 9.59 Å². The predicted molar refractivity (Wildman–Crippen MR) is 72.4 cm³/mol. The lowest BCUT2D eigenvalue weighted by atomic mass is 9.90. The summed E-state index contributed by atoms with van der Waals surface area (Å²) in [6.45, 7) is 7.58. The summed E-state index contributed by atoms with van der Waals surface area (Å²) in [5.74, 6) is 0.480.